The van der Waals surface area contributed by atoms with Crippen molar-refractivity contribution in [3.05, 3.63) is 44.7 Å². The average Bonchev–Trinajstić information content (AvgIpc) is 2.42. The predicted octanol–water partition coefficient (Wildman–Crippen LogP) is 3.05. The number of hydrogen-bond donors (Lipinski definition) is 2. The number of fused-ring (bicyclic) bond motifs is 1. The first-order valence-corrected chi connectivity index (χ1v) is 6.91. The van der Waals surface area contributed by atoms with Gasteiger partial charge in [-0.05, 0) is 37.5 Å². The van der Waals surface area contributed by atoms with Crippen molar-refractivity contribution < 1.29 is 9.90 Å². The Morgan fingerprint density at radius 3 is 2.55 bits per heavy atom. The highest BCUT2D eigenvalue weighted by atomic mass is 16.4. The number of hydrogen-bond acceptors (Lipinski definition) is 2. The van der Waals surface area contributed by atoms with Crippen LogP contribution in [0.2, 0.25) is 0 Å². The number of aromatic carboxylic acids is 1. The van der Waals surface area contributed by atoms with Gasteiger partial charge in [0.25, 0.3) is 0 Å². The molecule has 0 saturated carbocycles. The van der Waals surface area contributed by atoms with Crippen LogP contribution < -0.4 is 5.43 Å². The molecule has 0 amide bonds. The number of nitrogens with one attached hydrogen (secondary N) is 1. The maximum atomic E-state index is 12.4. The smallest absolute Gasteiger partial charge is 0.337 e. The number of carboxylic acid groups (broad SMARTS) is 1. The van der Waals surface area contributed by atoms with Gasteiger partial charge in [0.05, 0.1) is 11.1 Å². The normalized spacial score (nSPS) is 10.9. The van der Waals surface area contributed by atoms with Gasteiger partial charge < -0.3 is 10.1 Å². The molecular formula is C16H19NO3. The standard InChI is InChI=1S/C16H19NO3/c1-4-6-10-7-11-14(12(8-10)16(19)20)17-13(5-2)9(3)15(11)18/h7-8H,4-6H2,1-3H3,(H,17,18)(H,19,20). The fourth-order valence-electron chi connectivity index (χ4n) is 2.55. The highest BCUT2D eigenvalue weighted by Gasteiger charge is 2.15. The summed E-state index contributed by atoms with van der Waals surface area (Å²) < 4.78 is 0. The van der Waals surface area contributed by atoms with Crippen LogP contribution in [0.3, 0.4) is 0 Å². The molecule has 0 fully saturated rings. The Hall–Kier alpha value is -2.10. The van der Waals surface area contributed by atoms with Crippen molar-refractivity contribution in [2.75, 3.05) is 0 Å². The molecule has 2 rings (SSSR count). The number of aromatic amines is 1. The molecule has 0 aliphatic heterocycles. The summed E-state index contributed by atoms with van der Waals surface area (Å²) in [6.07, 6.45) is 2.35. The van der Waals surface area contributed by atoms with Gasteiger partial charge in [-0.15, -0.1) is 0 Å². The largest absolute Gasteiger partial charge is 0.478 e. The summed E-state index contributed by atoms with van der Waals surface area (Å²) in [5.41, 5.74) is 2.91. The lowest BCUT2D eigenvalue weighted by Gasteiger charge is -2.11. The van der Waals surface area contributed by atoms with E-state index in [0.29, 0.717) is 22.9 Å². The first-order valence-electron chi connectivity index (χ1n) is 6.91. The Morgan fingerprint density at radius 2 is 2.00 bits per heavy atom. The summed E-state index contributed by atoms with van der Waals surface area (Å²) in [5.74, 6) is -1.01. The van der Waals surface area contributed by atoms with Crippen molar-refractivity contribution >= 4 is 16.9 Å². The third-order valence-corrected chi connectivity index (χ3v) is 3.63. The zero-order valence-corrected chi connectivity index (χ0v) is 12.0. The van der Waals surface area contributed by atoms with Crippen LogP contribution >= 0.6 is 0 Å². The number of carboxylic acids is 1. The molecule has 0 aliphatic rings. The average molecular weight is 273 g/mol. The van der Waals surface area contributed by atoms with Gasteiger partial charge in [0.2, 0.25) is 0 Å². The van der Waals surface area contributed by atoms with Crippen molar-refractivity contribution in [1.29, 1.82) is 0 Å². The second kappa shape index (κ2) is 5.49. The van der Waals surface area contributed by atoms with E-state index in [1.165, 1.54) is 0 Å². The number of rotatable bonds is 4. The third-order valence-electron chi connectivity index (χ3n) is 3.63. The van der Waals surface area contributed by atoms with Crippen LogP contribution in [0, 0.1) is 6.92 Å². The van der Waals surface area contributed by atoms with E-state index in [9.17, 15) is 14.7 Å². The van der Waals surface area contributed by atoms with Gasteiger partial charge in [0.15, 0.2) is 5.43 Å². The lowest BCUT2D eigenvalue weighted by Crippen LogP contribution is -2.14. The van der Waals surface area contributed by atoms with E-state index in [0.717, 1.165) is 24.1 Å². The van der Waals surface area contributed by atoms with Gasteiger partial charge >= 0.3 is 5.97 Å². The molecule has 0 spiro atoms. The molecule has 0 radical (unpaired) electrons. The van der Waals surface area contributed by atoms with Crippen molar-refractivity contribution in [3.63, 3.8) is 0 Å². The maximum Gasteiger partial charge on any atom is 0.337 e. The third kappa shape index (κ3) is 2.33. The highest BCUT2D eigenvalue weighted by molar-refractivity contribution is 6.02. The Morgan fingerprint density at radius 1 is 1.30 bits per heavy atom. The summed E-state index contributed by atoms with van der Waals surface area (Å²) in [5, 5.41) is 9.85. The Labute approximate surface area is 117 Å². The Kier molecular flexibility index (Phi) is 3.93. The van der Waals surface area contributed by atoms with Crippen LogP contribution in [0.1, 0.15) is 47.4 Å². The number of H-pyrrole nitrogens is 1. The van der Waals surface area contributed by atoms with Crippen LogP contribution in [0.15, 0.2) is 16.9 Å². The second-order valence-electron chi connectivity index (χ2n) is 5.03. The van der Waals surface area contributed by atoms with Gasteiger partial charge in [-0.25, -0.2) is 4.79 Å². The zero-order valence-electron chi connectivity index (χ0n) is 12.0. The Balaban J connectivity index is 2.90. The van der Waals surface area contributed by atoms with Gasteiger partial charge in [0, 0.05) is 16.6 Å². The highest BCUT2D eigenvalue weighted by Crippen LogP contribution is 2.20. The molecule has 4 nitrogen and oxygen atoms in total. The lowest BCUT2D eigenvalue weighted by molar-refractivity contribution is 0.0698. The van der Waals surface area contributed by atoms with Crippen molar-refractivity contribution in [3.8, 4) is 0 Å². The van der Waals surface area contributed by atoms with Crippen LogP contribution in [0.4, 0.5) is 0 Å². The van der Waals surface area contributed by atoms with Crippen molar-refractivity contribution in [2.24, 2.45) is 0 Å². The minimum Gasteiger partial charge on any atom is -0.478 e. The lowest BCUT2D eigenvalue weighted by atomic mass is 9.99. The van der Waals surface area contributed by atoms with Gasteiger partial charge in [-0.3, -0.25) is 4.79 Å². The molecule has 1 aromatic heterocycles. The molecule has 2 aromatic rings. The molecule has 20 heavy (non-hydrogen) atoms. The molecule has 2 N–H and O–H groups in total. The number of aryl methyl sites for hydroxylation is 2. The SMILES string of the molecule is CCCc1cc(C(=O)O)c2[nH]c(CC)c(C)c(=O)c2c1. The first kappa shape index (κ1) is 14.3. The minimum atomic E-state index is -1.01. The number of benzene rings is 1. The molecule has 0 unspecified atom stereocenters. The van der Waals surface area contributed by atoms with Gasteiger partial charge in [-0.2, -0.15) is 0 Å². The number of pyridine rings is 1. The second-order valence-corrected chi connectivity index (χ2v) is 5.03. The van der Waals surface area contributed by atoms with Crippen LogP contribution in [-0.4, -0.2) is 16.1 Å². The summed E-state index contributed by atoms with van der Waals surface area (Å²) in [4.78, 5) is 27.0. The fraction of sp³-hybridized carbons (Fsp3) is 0.375. The van der Waals surface area contributed by atoms with E-state index in [-0.39, 0.29) is 11.0 Å². The fourth-order valence-corrected chi connectivity index (χ4v) is 2.55. The minimum absolute atomic E-state index is 0.0731. The van der Waals surface area contributed by atoms with E-state index in [2.05, 4.69) is 4.98 Å². The van der Waals surface area contributed by atoms with Crippen LogP contribution in [-0.2, 0) is 12.8 Å². The molecule has 106 valence electrons. The number of aromatic nitrogens is 1. The zero-order chi connectivity index (χ0) is 14.9. The predicted molar refractivity (Wildman–Crippen MR) is 79.6 cm³/mol. The summed E-state index contributed by atoms with van der Waals surface area (Å²) in [6, 6.07) is 3.48. The molecule has 0 saturated heterocycles. The Bertz CT molecular complexity index is 729. The maximum absolute atomic E-state index is 12.4. The van der Waals surface area contributed by atoms with Gasteiger partial charge in [0.1, 0.15) is 0 Å². The molecule has 0 bridgehead atoms. The number of carbonyl (C=O) groups is 1. The van der Waals surface area contributed by atoms with E-state index in [1.54, 1.807) is 13.0 Å². The van der Waals surface area contributed by atoms with Crippen molar-refractivity contribution in [1.82, 2.24) is 4.98 Å². The van der Waals surface area contributed by atoms with Crippen molar-refractivity contribution in [2.45, 2.75) is 40.0 Å². The first-order chi connectivity index (χ1) is 9.49. The molecule has 0 aliphatic carbocycles. The van der Waals surface area contributed by atoms with Crippen LogP contribution in [0.25, 0.3) is 10.9 Å². The molecule has 1 aromatic carbocycles. The summed E-state index contributed by atoms with van der Waals surface area (Å²) in [7, 11) is 0. The molecule has 1 heterocycles. The summed E-state index contributed by atoms with van der Waals surface area (Å²) in [6.45, 7) is 5.75. The monoisotopic (exact) mass is 273 g/mol. The summed E-state index contributed by atoms with van der Waals surface area (Å²) >= 11 is 0. The quantitative estimate of drug-likeness (QED) is 0.899. The molecule has 0 atom stereocenters. The van der Waals surface area contributed by atoms with E-state index >= 15 is 0 Å². The van der Waals surface area contributed by atoms with E-state index < -0.39 is 5.97 Å². The van der Waals surface area contributed by atoms with E-state index in [4.69, 9.17) is 0 Å². The van der Waals surface area contributed by atoms with Gasteiger partial charge in [-0.1, -0.05) is 20.3 Å². The van der Waals surface area contributed by atoms with E-state index in [1.807, 2.05) is 19.9 Å². The topological polar surface area (TPSA) is 70.2 Å². The molecular weight excluding hydrogens is 254 g/mol. The van der Waals surface area contributed by atoms with Crippen LogP contribution in [0.5, 0.6) is 0 Å². The molecule has 4 heteroatoms.